The Hall–Kier alpha value is -2.41. The summed E-state index contributed by atoms with van der Waals surface area (Å²) in [6, 6.07) is 6.86. The molecule has 25 heavy (non-hydrogen) atoms. The van der Waals surface area contributed by atoms with E-state index in [9.17, 15) is 4.39 Å². The molecule has 1 heterocycles. The van der Waals surface area contributed by atoms with Gasteiger partial charge in [-0.2, -0.15) is 5.10 Å². The molecule has 1 unspecified atom stereocenters. The highest BCUT2D eigenvalue weighted by atomic mass is 19.1. The van der Waals surface area contributed by atoms with Crippen molar-refractivity contribution in [2.45, 2.75) is 12.5 Å². The molecule has 0 aliphatic rings. The molecule has 0 aliphatic carbocycles. The molecule has 0 bridgehead atoms. The second-order valence-electron chi connectivity index (χ2n) is 6.19. The summed E-state index contributed by atoms with van der Waals surface area (Å²) in [4.78, 5) is 6.39. The molecule has 0 amide bonds. The highest BCUT2D eigenvalue weighted by molar-refractivity contribution is 5.79. The Labute approximate surface area is 148 Å². The summed E-state index contributed by atoms with van der Waals surface area (Å²) in [5.41, 5.74) is 2.11. The van der Waals surface area contributed by atoms with E-state index >= 15 is 0 Å². The summed E-state index contributed by atoms with van der Waals surface area (Å²) in [5, 5.41) is 10.9. The third kappa shape index (κ3) is 5.86. The Morgan fingerprint density at radius 1 is 1.36 bits per heavy atom. The van der Waals surface area contributed by atoms with Gasteiger partial charge in [-0.15, -0.1) is 0 Å². The molecule has 0 saturated heterocycles. The minimum atomic E-state index is -0.203. The molecule has 1 atom stereocenters. The fourth-order valence-corrected chi connectivity index (χ4v) is 2.64. The maximum atomic E-state index is 13.2. The van der Waals surface area contributed by atoms with Gasteiger partial charge in [0.1, 0.15) is 5.82 Å². The van der Waals surface area contributed by atoms with E-state index in [2.05, 4.69) is 25.6 Å². The smallest absolute Gasteiger partial charge is 0.191 e. The van der Waals surface area contributed by atoms with Crippen LogP contribution in [0.25, 0.3) is 0 Å². The fourth-order valence-electron chi connectivity index (χ4n) is 2.64. The summed E-state index contributed by atoms with van der Waals surface area (Å²) < 4.78 is 15.0. The number of aryl methyl sites for hydroxylation is 1. The molecule has 136 valence electrons. The van der Waals surface area contributed by atoms with Gasteiger partial charge in [-0.05, 0) is 38.2 Å². The lowest BCUT2D eigenvalue weighted by Gasteiger charge is -2.24. The van der Waals surface area contributed by atoms with Gasteiger partial charge in [0.15, 0.2) is 5.96 Å². The number of hydrogen-bond donors (Lipinski definition) is 2. The molecular weight excluding hydrogens is 319 g/mol. The summed E-state index contributed by atoms with van der Waals surface area (Å²) in [6.07, 6.45) is 4.64. The normalized spacial score (nSPS) is 13.1. The van der Waals surface area contributed by atoms with E-state index in [0.29, 0.717) is 13.1 Å². The molecule has 2 aromatic rings. The van der Waals surface area contributed by atoms with E-state index in [1.54, 1.807) is 23.9 Å². The predicted octanol–water partition coefficient (Wildman–Crippen LogP) is 1.57. The second-order valence-corrected chi connectivity index (χ2v) is 6.19. The van der Waals surface area contributed by atoms with Gasteiger partial charge < -0.3 is 15.5 Å². The van der Waals surface area contributed by atoms with Crippen molar-refractivity contribution < 1.29 is 4.39 Å². The lowest BCUT2D eigenvalue weighted by Crippen LogP contribution is -2.42. The van der Waals surface area contributed by atoms with Crippen molar-refractivity contribution >= 4 is 5.96 Å². The van der Waals surface area contributed by atoms with Crippen LogP contribution in [0, 0.1) is 5.82 Å². The summed E-state index contributed by atoms with van der Waals surface area (Å²) >= 11 is 0. The number of guanidine groups is 1. The Kier molecular flexibility index (Phi) is 6.94. The van der Waals surface area contributed by atoms with Crippen molar-refractivity contribution in [3.8, 4) is 0 Å². The molecule has 0 radical (unpaired) electrons. The minimum Gasteiger partial charge on any atom is -0.356 e. The van der Waals surface area contributed by atoms with Gasteiger partial charge in [-0.25, -0.2) is 4.39 Å². The van der Waals surface area contributed by atoms with E-state index in [1.165, 1.54) is 6.07 Å². The van der Waals surface area contributed by atoms with Crippen LogP contribution in [0.4, 0.5) is 4.39 Å². The van der Waals surface area contributed by atoms with Crippen LogP contribution in [0.3, 0.4) is 0 Å². The van der Waals surface area contributed by atoms with Crippen molar-refractivity contribution in [2.75, 3.05) is 34.2 Å². The molecule has 1 aromatic carbocycles. The average Bonchev–Trinajstić information content (AvgIpc) is 2.99. The third-order valence-electron chi connectivity index (χ3n) is 4.01. The quantitative estimate of drug-likeness (QED) is 0.590. The molecule has 2 rings (SSSR count). The first-order valence-corrected chi connectivity index (χ1v) is 8.33. The predicted molar refractivity (Wildman–Crippen MR) is 99.1 cm³/mol. The Morgan fingerprint density at radius 2 is 2.16 bits per heavy atom. The van der Waals surface area contributed by atoms with Crippen LogP contribution in [-0.2, 0) is 13.5 Å². The molecule has 0 saturated carbocycles. The molecular formula is C18H27FN6. The maximum absolute atomic E-state index is 13.2. The van der Waals surface area contributed by atoms with Crippen molar-refractivity contribution in [1.29, 1.82) is 0 Å². The second kappa shape index (κ2) is 9.17. The number of halogens is 1. The summed E-state index contributed by atoms with van der Waals surface area (Å²) in [5.74, 6) is 0.525. The van der Waals surface area contributed by atoms with Crippen LogP contribution in [0.2, 0.25) is 0 Å². The van der Waals surface area contributed by atoms with Crippen molar-refractivity contribution in [3.63, 3.8) is 0 Å². The molecule has 0 fully saturated rings. The molecule has 1 aromatic heterocycles. The van der Waals surface area contributed by atoms with Crippen molar-refractivity contribution in [2.24, 2.45) is 12.0 Å². The summed E-state index contributed by atoms with van der Waals surface area (Å²) in [6.45, 7) is 1.39. The Bertz CT molecular complexity index is 694. The van der Waals surface area contributed by atoms with Crippen LogP contribution >= 0.6 is 0 Å². The maximum Gasteiger partial charge on any atom is 0.191 e. The van der Waals surface area contributed by atoms with E-state index in [0.717, 1.165) is 23.5 Å². The zero-order chi connectivity index (χ0) is 18.2. The third-order valence-corrected chi connectivity index (χ3v) is 4.01. The zero-order valence-electron chi connectivity index (χ0n) is 15.3. The Morgan fingerprint density at radius 3 is 2.76 bits per heavy atom. The minimum absolute atomic E-state index is 0.190. The first kappa shape index (κ1) is 18.9. The highest BCUT2D eigenvalue weighted by Gasteiger charge is 2.16. The van der Waals surface area contributed by atoms with Gasteiger partial charge >= 0.3 is 0 Å². The van der Waals surface area contributed by atoms with E-state index < -0.39 is 0 Å². The van der Waals surface area contributed by atoms with Crippen molar-refractivity contribution in [1.82, 2.24) is 25.3 Å². The lowest BCUT2D eigenvalue weighted by atomic mass is 10.1. The highest BCUT2D eigenvalue weighted by Crippen LogP contribution is 2.15. The van der Waals surface area contributed by atoms with Crippen LogP contribution < -0.4 is 10.6 Å². The van der Waals surface area contributed by atoms with Gasteiger partial charge in [0.05, 0.1) is 12.2 Å². The molecule has 0 aliphatic heterocycles. The summed E-state index contributed by atoms with van der Waals surface area (Å²) in [7, 11) is 7.74. The molecule has 6 nitrogen and oxygen atoms in total. The first-order chi connectivity index (χ1) is 12.0. The van der Waals surface area contributed by atoms with Crippen LogP contribution in [0.5, 0.6) is 0 Å². The van der Waals surface area contributed by atoms with Crippen LogP contribution in [-0.4, -0.2) is 54.9 Å². The SMILES string of the molecule is CN=C(NCCc1cccc(F)c1)NCC(c1cnn(C)c1)N(C)C. The van der Waals surface area contributed by atoms with Gasteiger partial charge in [-0.3, -0.25) is 9.67 Å². The number of rotatable bonds is 7. The number of benzene rings is 1. The first-order valence-electron chi connectivity index (χ1n) is 8.33. The van der Waals surface area contributed by atoms with Gasteiger partial charge in [0.25, 0.3) is 0 Å². The van der Waals surface area contributed by atoms with Gasteiger partial charge in [-0.1, -0.05) is 12.1 Å². The number of nitrogens with zero attached hydrogens (tertiary/aromatic N) is 4. The topological polar surface area (TPSA) is 57.5 Å². The van der Waals surface area contributed by atoms with Crippen LogP contribution in [0.1, 0.15) is 17.2 Å². The molecule has 7 heteroatoms. The van der Waals surface area contributed by atoms with Crippen molar-refractivity contribution in [3.05, 3.63) is 53.6 Å². The van der Waals surface area contributed by atoms with Gasteiger partial charge in [0, 0.05) is 38.9 Å². The number of aromatic nitrogens is 2. The van der Waals surface area contributed by atoms with Gasteiger partial charge in [0.2, 0.25) is 0 Å². The van der Waals surface area contributed by atoms with E-state index in [4.69, 9.17) is 0 Å². The number of nitrogens with one attached hydrogen (secondary N) is 2. The van der Waals surface area contributed by atoms with E-state index in [-0.39, 0.29) is 11.9 Å². The van der Waals surface area contributed by atoms with Crippen LogP contribution in [0.15, 0.2) is 41.7 Å². The molecule has 2 N–H and O–H groups in total. The lowest BCUT2D eigenvalue weighted by molar-refractivity contribution is 0.298. The number of hydrogen-bond acceptors (Lipinski definition) is 3. The molecule has 0 spiro atoms. The number of likely N-dealkylation sites (N-methyl/N-ethyl adjacent to an activating group) is 1. The monoisotopic (exact) mass is 346 g/mol. The Balaban J connectivity index is 1.84. The fraction of sp³-hybridized carbons (Fsp3) is 0.444. The zero-order valence-corrected chi connectivity index (χ0v) is 15.3. The van der Waals surface area contributed by atoms with E-state index in [1.807, 2.05) is 39.6 Å². The number of aliphatic imine (C=N–C) groups is 1. The average molecular weight is 346 g/mol. The largest absolute Gasteiger partial charge is 0.356 e. The standard InChI is InChI=1S/C18H27FN6/c1-20-18(21-9-8-14-6-5-7-16(19)10-14)22-12-17(24(2)3)15-11-23-25(4)13-15/h5-7,10-11,13,17H,8-9,12H2,1-4H3,(H2,20,21,22).